The van der Waals surface area contributed by atoms with Gasteiger partial charge in [-0.15, -0.1) is 0 Å². The number of carboxylic acid groups (broad SMARTS) is 1. The van der Waals surface area contributed by atoms with Gasteiger partial charge in [0.2, 0.25) is 5.91 Å². The number of hydrogen-bond donors (Lipinski definition) is 2. The lowest BCUT2D eigenvalue weighted by Gasteiger charge is -2.40. The van der Waals surface area contributed by atoms with Crippen LogP contribution in [-0.4, -0.2) is 46.6 Å². The number of aliphatic carboxylic acids is 1. The monoisotopic (exact) mass is 296 g/mol. The van der Waals surface area contributed by atoms with Crippen molar-refractivity contribution < 1.29 is 14.7 Å². The molecular weight excluding hydrogens is 268 g/mol. The maximum Gasteiger partial charge on any atom is 0.325 e. The molecule has 2 aliphatic rings. The number of carbonyl (C=O) groups excluding carboxylic acids is 1. The zero-order valence-corrected chi connectivity index (χ0v) is 13.8. The van der Waals surface area contributed by atoms with Crippen molar-refractivity contribution in [3.8, 4) is 0 Å². The Labute approximate surface area is 127 Å². The van der Waals surface area contributed by atoms with Crippen molar-refractivity contribution in [1.82, 2.24) is 10.2 Å². The summed E-state index contributed by atoms with van der Waals surface area (Å²) in [5.74, 6) is -1.18. The van der Waals surface area contributed by atoms with E-state index in [0.717, 1.165) is 19.4 Å². The summed E-state index contributed by atoms with van der Waals surface area (Å²) in [4.78, 5) is 25.4. The normalized spacial score (nSPS) is 34.2. The van der Waals surface area contributed by atoms with E-state index in [2.05, 4.69) is 31.0 Å². The Balaban J connectivity index is 2.05. The molecule has 4 atom stereocenters. The Morgan fingerprint density at radius 1 is 1.24 bits per heavy atom. The van der Waals surface area contributed by atoms with Crippen LogP contribution in [-0.2, 0) is 9.59 Å². The fraction of sp³-hybridized carbons (Fsp3) is 0.875. The van der Waals surface area contributed by atoms with Gasteiger partial charge in [-0.3, -0.25) is 14.5 Å². The number of hydrogen-bond acceptors (Lipinski definition) is 3. The van der Waals surface area contributed by atoms with Gasteiger partial charge in [-0.1, -0.05) is 20.8 Å². The van der Waals surface area contributed by atoms with Gasteiger partial charge in [-0.05, 0) is 43.9 Å². The molecule has 5 heteroatoms. The van der Waals surface area contributed by atoms with Gasteiger partial charge in [0.05, 0.1) is 6.04 Å². The summed E-state index contributed by atoms with van der Waals surface area (Å²) in [5.41, 5.74) is 0.594. The van der Waals surface area contributed by atoms with Gasteiger partial charge in [-0.25, -0.2) is 0 Å². The molecule has 120 valence electrons. The van der Waals surface area contributed by atoms with Crippen molar-refractivity contribution in [1.29, 1.82) is 0 Å². The van der Waals surface area contributed by atoms with Crippen molar-refractivity contribution in [3.63, 3.8) is 0 Å². The summed E-state index contributed by atoms with van der Waals surface area (Å²) in [6.45, 7) is 11.2. The summed E-state index contributed by atoms with van der Waals surface area (Å²) in [5, 5.41) is 11.5. The van der Waals surface area contributed by atoms with Crippen LogP contribution in [0.1, 0.15) is 53.9 Å². The third-order valence-corrected chi connectivity index (χ3v) is 5.06. The van der Waals surface area contributed by atoms with Crippen LogP contribution >= 0.6 is 0 Å². The maximum atomic E-state index is 12.3. The summed E-state index contributed by atoms with van der Waals surface area (Å²) in [7, 11) is 0. The Morgan fingerprint density at radius 2 is 1.86 bits per heavy atom. The van der Waals surface area contributed by atoms with Crippen LogP contribution in [0.4, 0.5) is 0 Å². The molecule has 1 saturated heterocycles. The molecule has 0 radical (unpaired) electrons. The summed E-state index contributed by atoms with van der Waals surface area (Å²) in [6.07, 6.45) is 3.43. The number of rotatable bonds is 4. The van der Waals surface area contributed by atoms with E-state index in [-0.39, 0.29) is 17.4 Å². The lowest BCUT2D eigenvalue weighted by atomic mass is 9.65. The number of carboxylic acids is 1. The molecule has 21 heavy (non-hydrogen) atoms. The molecule has 0 aromatic rings. The molecule has 0 spiro atoms. The highest BCUT2D eigenvalue weighted by atomic mass is 16.4. The molecule has 1 aliphatic carbocycles. The number of carbonyl (C=O) groups is 2. The first kappa shape index (κ1) is 16.3. The fourth-order valence-electron chi connectivity index (χ4n) is 4.50. The minimum atomic E-state index is -0.996. The van der Waals surface area contributed by atoms with Gasteiger partial charge >= 0.3 is 5.97 Å². The van der Waals surface area contributed by atoms with E-state index >= 15 is 0 Å². The second kappa shape index (κ2) is 5.27. The van der Waals surface area contributed by atoms with Gasteiger partial charge in [0.25, 0.3) is 0 Å². The van der Waals surface area contributed by atoms with E-state index in [0.29, 0.717) is 11.5 Å². The largest absolute Gasteiger partial charge is 0.480 e. The molecule has 0 aromatic heterocycles. The van der Waals surface area contributed by atoms with Crippen molar-refractivity contribution in [2.45, 2.75) is 72.0 Å². The number of nitrogens with one attached hydrogen (secondary N) is 1. The molecule has 1 saturated carbocycles. The summed E-state index contributed by atoms with van der Waals surface area (Å²) < 4.78 is 0. The average molecular weight is 296 g/mol. The Bertz CT molecular complexity index is 449. The molecule has 1 aliphatic heterocycles. The predicted molar refractivity (Wildman–Crippen MR) is 80.9 cm³/mol. The number of likely N-dealkylation sites (tertiary alicyclic amines) is 1. The lowest BCUT2D eigenvalue weighted by molar-refractivity contribution is -0.142. The van der Waals surface area contributed by atoms with Crippen LogP contribution in [0, 0.1) is 10.8 Å². The number of fused-ring (bicyclic) bond motifs is 2. The minimum absolute atomic E-state index is 0.182. The van der Waals surface area contributed by atoms with E-state index in [1.54, 1.807) is 0 Å². The molecule has 2 fully saturated rings. The predicted octanol–water partition coefficient (Wildman–Crippen LogP) is 1.86. The highest BCUT2D eigenvalue weighted by molar-refractivity contribution is 5.86. The zero-order valence-electron chi connectivity index (χ0n) is 13.8. The summed E-state index contributed by atoms with van der Waals surface area (Å²) >= 11 is 0. The fourth-order valence-corrected chi connectivity index (χ4v) is 4.50. The van der Waals surface area contributed by atoms with Crippen LogP contribution < -0.4 is 5.32 Å². The third kappa shape index (κ3) is 3.39. The zero-order chi connectivity index (χ0) is 16.0. The van der Waals surface area contributed by atoms with Crippen molar-refractivity contribution in [2.75, 3.05) is 6.54 Å². The van der Waals surface area contributed by atoms with Gasteiger partial charge in [-0.2, -0.15) is 0 Å². The van der Waals surface area contributed by atoms with Crippen LogP contribution in [0.2, 0.25) is 0 Å². The maximum absolute atomic E-state index is 12.3. The average Bonchev–Trinajstić information content (AvgIpc) is 2.57. The number of amides is 1. The smallest absolute Gasteiger partial charge is 0.325 e. The Kier molecular flexibility index (Phi) is 4.08. The second-order valence-electron chi connectivity index (χ2n) is 8.13. The Hall–Kier alpha value is -1.10. The van der Waals surface area contributed by atoms with Gasteiger partial charge < -0.3 is 10.4 Å². The Morgan fingerprint density at radius 3 is 2.43 bits per heavy atom. The minimum Gasteiger partial charge on any atom is -0.480 e. The molecule has 2 rings (SSSR count). The molecule has 1 heterocycles. The quantitative estimate of drug-likeness (QED) is 0.831. The van der Waals surface area contributed by atoms with Crippen LogP contribution in [0.5, 0.6) is 0 Å². The van der Waals surface area contributed by atoms with E-state index in [4.69, 9.17) is 5.11 Å². The van der Waals surface area contributed by atoms with E-state index in [1.165, 1.54) is 13.3 Å². The van der Waals surface area contributed by atoms with Crippen molar-refractivity contribution >= 4 is 11.9 Å². The second-order valence-corrected chi connectivity index (χ2v) is 8.13. The highest BCUT2D eigenvalue weighted by Gasteiger charge is 2.51. The van der Waals surface area contributed by atoms with Gasteiger partial charge in [0.15, 0.2) is 0 Å². The standard InChI is InChI=1S/C16H28N2O3/c1-10(14(20)21)17-13(19)11(2)18-9-16(5)7-12(18)6-15(3,4)8-16/h10-12H,6-9H2,1-5H3,(H,17,19)(H,20,21). The van der Waals surface area contributed by atoms with E-state index in [9.17, 15) is 9.59 Å². The van der Waals surface area contributed by atoms with Gasteiger partial charge in [0.1, 0.15) is 6.04 Å². The van der Waals surface area contributed by atoms with E-state index < -0.39 is 12.0 Å². The molecule has 4 unspecified atom stereocenters. The highest BCUT2D eigenvalue weighted by Crippen LogP contribution is 2.52. The van der Waals surface area contributed by atoms with E-state index in [1.807, 2.05) is 6.92 Å². The van der Waals surface area contributed by atoms with Crippen LogP contribution in [0.25, 0.3) is 0 Å². The van der Waals surface area contributed by atoms with Gasteiger partial charge in [0, 0.05) is 12.6 Å². The lowest BCUT2D eigenvalue weighted by Crippen LogP contribution is -2.51. The third-order valence-electron chi connectivity index (χ3n) is 5.06. The molecule has 1 amide bonds. The van der Waals surface area contributed by atoms with Crippen LogP contribution in [0.3, 0.4) is 0 Å². The SMILES string of the molecule is CC(NC(=O)C(C)N1CC2(C)CC1CC(C)(C)C2)C(=O)O. The first-order valence-electron chi connectivity index (χ1n) is 7.82. The molecule has 5 nitrogen and oxygen atoms in total. The molecule has 2 N–H and O–H groups in total. The topological polar surface area (TPSA) is 69.6 Å². The molecule has 0 aromatic carbocycles. The number of nitrogens with zero attached hydrogens (tertiary/aromatic N) is 1. The van der Waals surface area contributed by atoms with Crippen LogP contribution in [0.15, 0.2) is 0 Å². The summed E-state index contributed by atoms with van der Waals surface area (Å²) in [6, 6.07) is -0.680. The van der Waals surface area contributed by atoms with Crippen molar-refractivity contribution in [2.24, 2.45) is 10.8 Å². The molecular formula is C16H28N2O3. The first-order chi connectivity index (χ1) is 9.53. The van der Waals surface area contributed by atoms with Crippen molar-refractivity contribution in [3.05, 3.63) is 0 Å². The molecule has 2 bridgehead atoms. The first-order valence-corrected chi connectivity index (χ1v) is 7.82.